The van der Waals surface area contributed by atoms with Crippen LogP contribution in [-0.2, 0) is 4.79 Å². The molecule has 0 bridgehead atoms. The summed E-state index contributed by atoms with van der Waals surface area (Å²) < 4.78 is 0. The fraction of sp³-hybridized carbons (Fsp3) is 0.400. The van der Waals surface area contributed by atoms with Crippen molar-refractivity contribution in [3.05, 3.63) is 34.9 Å². The van der Waals surface area contributed by atoms with Crippen molar-refractivity contribution in [2.75, 3.05) is 0 Å². The van der Waals surface area contributed by atoms with Gasteiger partial charge in [-0.2, -0.15) is 10.5 Å². The lowest BCUT2D eigenvalue weighted by atomic mass is 9.99. The molecule has 0 atom stereocenters. The maximum atomic E-state index is 11.2. The average molecular weight is 258 g/mol. The molecule has 0 spiro atoms. The van der Waals surface area contributed by atoms with E-state index in [1.165, 1.54) is 18.2 Å². The van der Waals surface area contributed by atoms with E-state index >= 15 is 0 Å². The molecular formula is C15H18N2O2. The number of rotatable bonds is 6. The van der Waals surface area contributed by atoms with Crippen LogP contribution in [-0.4, -0.2) is 11.1 Å². The molecule has 1 N–H and O–H groups in total. The zero-order chi connectivity index (χ0) is 14.8. The van der Waals surface area contributed by atoms with Crippen molar-refractivity contribution in [2.45, 2.75) is 33.6 Å². The molecule has 0 aromatic carbocycles. The second-order valence-corrected chi connectivity index (χ2v) is 4.56. The van der Waals surface area contributed by atoms with Crippen LogP contribution < -0.4 is 0 Å². The Labute approximate surface area is 114 Å². The quantitative estimate of drug-likeness (QED) is 0.449. The first-order valence-corrected chi connectivity index (χ1v) is 6.03. The summed E-state index contributed by atoms with van der Waals surface area (Å²) in [7, 11) is 0. The highest BCUT2D eigenvalue weighted by atomic mass is 16.4. The Bertz CT molecular complexity index is 497. The summed E-state index contributed by atoms with van der Waals surface area (Å²) in [5.41, 5.74) is 1.10. The van der Waals surface area contributed by atoms with Gasteiger partial charge >= 0.3 is 5.97 Å². The maximum absolute atomic E-state index is 11.2. The van der Waals surface area contributed by atoms with Gasteiger partial charge in [-0.1, -0.05) is 13.8 Å². The number of carboxylic acids is 1. The molecule has 0 aromatic heterocycles. The molecule has 4 nitrogen and oxygen atoms in total. The standard InChI is InChI=1S/C15H18N2O2/c1-11(2)6-7-14(15(18)19)9-13(5-4-8-16)12(3)10-17/h4-5,9,11H,6-7H2,1-3H3,(H,18,19). The zero-order valence-electron chi connectivity index (χ0n) is 11.5. The van der Waals surface area contributed by atoms with Crippen molar-refractivity contribution in [1.82, 2.24) is 0 Å². The van der Waals surface area contributed by atoms with Crippen molar-refractivity contribution in [1.29, 1.82) is 10.5 Å². The van der Waals surface area contributed by atoms with Gasteiger partial charge in [-0.25, -0.2) is 4.79 Å². The van der Waals surface area contributed by atoms with Crippen LogP contribution in [0, 0.1) is 28.6 Å². The van der Waals surface area contributed by atoms with E-state index in [9.17, 15) is 4.79 Å². The van der Waals surface area contributed by atoms with Crippen molar-refractivity contribution < 1.29 is 9.90 Å². The third-order valence-corrected chi connectivity index (χ3v) is 2.53. The highest BCUT2D eigenvalue weighted by molar-refractivity contribution is 5.87. The first-order chi connectivity index (χ1) is 8.92. The molecule has 0 amide bonds. The van der Waals surface area contributed by atoms with Crippen LogP contribution in [0.1, 0.15) is 33.6 Å². The fourth-order valence-corrected chi connectivity index (χ4v) is 1.35. The van der Waals surface area contributed by atoms with Crippen molar-refractivity contribution >= 4 is 5.97 Å². The van der Waals surface area contributed by atoms with E-state index in [1.54, 1.807) is 6.92 Å². The van der Waals surface area contributed by atoms with Gasteiger partial charge in [-0.15, -0.1) is 0 Å². The molecule has 0 unspecified atom stereocenters. The monoisotopic (exact) mass is 258 g/mol. The molecule has 100 valence electrons. The molecule has 0 aliphatic heterocycles. The van der Waals surface area contributed by atoms with Crippen LogP contribution in [0.3, 0.4) is 0 Å². The third-order valence-electron chi connectivity index (χ3n) is 2.53. The second-order valence-electron chi connectivity index (χ2n) is 4.56. The molecule has 0 aliphatic rings. The Kier molecular flexibility index (Phi) is 7.65. The predicted octanol–water partition coefficient (Wildman–Crippen LogP) is 3.35. The average Bonchev–Trinajstić information content (AvgIpc) is 2.36. The summed E-state index contributed by atoms with van der Waals surface area (Å²) in [4.78, 5) is 11.2. The summed E-state index contributed by atoms with van der Waals surface area (Å²) in [6.45, 7) is 5.63. The highest BCUT2D eigenvalue weighted by Gasteiger charge is 2.09. The Morgan fingerprint density at radius 3 is 2.42 bits per heavy atom. The van der Waals surface area contributed by atoms with E-state index in [2.05, 4.69) is 0 Å². The van der Waals surface area contributed by atoms with Crippen LogP contribution >= 0.6 is 0 Å². The van der Waals surface area contributed by atoms with Gasteiger partial charge in [0.1, 0.15) is 0 Å². The van der Waals surface area contributed by atoms with Crippen molar-refractivity contribution in [3.8, 4) is 12.1 Å². The van der Waals surface area contributed by atoms with Gasteiger partial charge in [0, 0.05) is 17.2 Å². The minimum absolute atomic E-state index is 0.251. The third kappa shape index (κ3) is 6.85. The molecule has 0 rings (SSSR count). The lowest BCUT2D eigenvalue weighted by Crippen LogP contribution is -2.03. The summed E-state index contributed by atoms with van der Waals surface area (Å²) in [5, 5.41) is 26.5. The SMILES string of the molecule is CC(C#N)=C(C=CC#N)C=C(CCC(C)C)C(=O)O. The van der Waals surface area contributed by atoms with Gasteiger partial charge in [0.05, 0.1) is 12.1 Å². The molecule has 0 saturated heterocycles. The van der Waals surface area contributed by atoms with Crippen LogP contribution in [0.4, 0.5) is 0 Å². The van der Waals surface area contributed by atoms with Crippen molar-refractivity contribution in [2.24, 2.45) is 5.92 Å². The van der Waals surface area contributed by atoms with Crippen molar-refractivity contribution in [3.63, 3.8) is 0 Å². The minimum atomic E-state index is -0.991. The molecule has 0 heterocycles. The highest BCUT2D eigenvalue weighted by Crippen LogP contribution is 2.16. The minimum Gasteiger partial charge on any atom is -0.478 e. The lowest BCUT2D eigenvalue weighted by molar-refractivity contribution is -0.132. The molecule has 0 saturated carbocycles. The largest absolute Gasteiger partial charge is 0.478 e. The molecule has 0 aliphatic carbocycles. The van der Waals surface area contributed by atoms with Gasteiger partial charge in [-0.3, -0.25) is 0 Å². The number of allylic oxidation sites excluding steroid dienone is 5. The predicted molar refractivity (Wildman–Crippen MR) is 72.9 cm³/mol. The molecule has 0 aromatic rings. The lowest BCUT2D eigenvalue weighted by Gasteiger charge is -2.06. The molecular weight excluding hydrogens is 240 g/mol. The van der Waals surface area contributed by atoms with E-state index in [1.807, 2.05) is 26.0 Å². The van der Waals surface area contributed by atoms with E-state index in [4.69, 9.17) is 15.6 Å². The fourth-order valence-electron chi connectivity index (χ4n) is 1.35. The summed E-state index contributed by atoms with van der Waals surface area (Å²) in [5.74, 6) is -0.587. The van der Waals surface area contributed by atoms with Crippen LogP contribution in [0.2, 0.25) is 0 Å². The molecule has 0 radical (unpaired) electrons. The maximum Gasteiger partial charge on any atom is 0.331 e. The Morgan fingerprint density at radius 2 is 2.00 bits per heavy atom. The summed E-state index contributed by atoms with van der Waals surface area (Å²) in [6, 6.07) is 3.79. The zero-order valence-corrected chi connectivity index (χ0v) is 11.5. The Balaban J connectivity index is 5.38. The van der Waals surface area contributed by atoms with E-state index < -0.39 is 5.97 Å². The van der Waals surface area contributed by atoms with E-state index in [-0.39, 0.29) is 5.57 Å². The van der Waals surface area contributed by atoms with Crippen LogP contribution in [0.5, 0.6) is 0 Å². The first-order valence-electron chi connectivity index (χ1n) is 6.03. The number of nitrogens with zero attached hydrogens (tertiary/aromatic N) is 2. The number of carboxylic acid groups (broad SMARTS) is 1. The van der Waals surface area contributed by atoms with Crippen LogP contribution in [0.25, 0.3) is 0 Å². The van der Waals surface area contributed by atoms with Gasteiger partial charge in [-0.05, 0) is 43.4 Å². The van der Waals surface area contributed by atoms with Gasteiger partial charge < -0.3 is 5.11 Å². The Hall–Kier alpha value is -2.33. The van der Waals surface area contributed by atoms with E-state index in [0.717, 1.165) is 6.42 Å². The smallest absolute Gasteiger partial charge is 0.331 e. The summed E-state index contributed by atoms with van der Waals surface area (Å²) in [6.07, 6.45) is 5.36. The Morgan fingerprint density at radius 1 is 1.37 bits per heavy atom. The number of carbonyl (C=O) groups is 1. The normalized spacial score (nSPS) is 13.1. The number of hydrogen-bond donors (Lipinski definition) is 1. The molecule has 19 heavy (non-hydrogen) atoms. The summed E-state index contributed by atoms with van der Waals surface area (Å²) >= 11 is 0. The number of hydrogen-bond acceptors (Lipinski definition) is 3. The molecule has 0 fully saturated rings. The molecule has 4 heteroatoms. The number of aliphatic carboxylic acids is 1. The topological polar surface area (TPSA) is 84.9 Å². The second kappa shape index (κ2) is 8.72. The van der Waals surface area contributed by atoms with Gasteiger partial charge in [0.25, 0.3) is 0 Å². The van der Waals surface area contributed by atoms with Gasteiger partial charge in [0.15, 0.2) is 0 Å². The first kappa shape index (κ1) is 16.7. The number of nitriles is 2. The van der Waals surface area contributed by atoms with Crippen LogP contribution in [0.15, 0.2) is 34.9 Å². The van der Waals surface area contributed by atoms with E-state index in [0.29, 0.717) is 23.5 Å². The van der Waals surface area contributed by atoms with Gasteiger partial charge in [0.2, 0.25) is 0 Å².